The van der Waals surface area contributed by atoms with E-state index < -0.39 is 16.1 Å². The van der Waals surface area contributed by atoms with Gasteiger partial charge < -0.3 is 11.1 Å². The van der Waals surface area contributed by atoms with E-state index in [9.17, 15) is 13.2 Å². The average Bonchev–Trinajstić information content (AvgIpc) is 2.67. The number of hydrogen-bond acceptors (Lipinski definition) is 4. The molecule has 3 aromatic rings. The third-order valence-electron chi connectivity index (χ3n) is 4.44. The van der Waals surface area contributed by atoms with Gasteiger partial charge >= 0.3 is 10.2 Å². The summed E-state index contributed by atoms with van der Waals surface area (Å²) in [4.78, 5) is 11.2. The van der Waals surface area contributed by atoms with Gasteiger partial charge in [0.25, 0.3) is 0 Å². The van der Waals surface area contributed by atoms with E-state index in [1.165, 1.54) is 0 Å². The van der Waals surface area contributed by atoms with Gasteiger partial charge in [-0.05, 0) is 40.6 Å². The van der Waals surface area contributed by atoms with Gasteiger partial charge in [-0.1, -0.05) is 42.5 Å². The van der Waals surface area contributed by atoms with Crippen LogP contribution in [0.4, 0.5) is 5.69 Å². The molecule has 0 aliphatic carbocycles. The van der Waals surface area contributed by atoms with Crippen molar-refractivity contribution in [1.82, 2.24) is 4.72 Å². The number of primary amides is 1. The summed E-state index contributed by atoms with van der Waals surface area (Å²) in [6.45, 7) is 0. The minimum absolute atomic E-state index is 0.186. The zero-order chi connectivity index (χ0) is 20.4. The summed E-state index contributed by atoms with van der Waals surface area (Å²) in [5.74, 6) is -0.345. The van der Waals surface area contributed by atoms with E-state index in [4.69, 9.17) is 5.73 Å². The van der Waals surface area contributed by atoms with E-state index in [0.29, 0.717) is 23.4 Å². The Labute approximate surface area is 168 Å². The lowest BCUT2D eigenvalue weighted by atomic mass is 10.0. The number of allylic oxidation sites excluding steroid dienone is 1. The molecule has 0 saturated heterocycles. The van der Waals surface area contributed by atoms with Gasteiger partial charge in [-0.2, -0.15) is 8.42 Å². The highest BCUT2D eigenvalue weighted by Crippen LogP contribution is 2.19. The van der Waals surface area contributed by atoms with Gasteiger partial charge in [0, 0.05) is 29.4 Å². The van der Waals surface area contributed by atoms with Gasteiger partial charge in [-0.3, -0.25) is 9.52 Å². The monoisotopic (exact) mass is 406 g/mol. The van der Waals surface area contributed by atoms with Crippen molar-refractivity contribution in [3.8, 4) is 0 Å². The lowest BCUT2D eigenvalue weighted by Crippen LogP contribution is -2.30. The number of nitrogens with two attached hydrogens (primary N) is 1. The molecule has 0 spiro atoms. The first kappa shape index (κ1) is 18.7. The molecule has 1 heterocycles. The Morgan fingerprint density at radius 3 is 2.45 bits per heavy atom. The number of carbonyl (C=O) groups is 1. The molecule has 0 aromatic heterocycles. The Bertz CT molecular complexity index is 1260. The van der Waals surface area contributed by atoms with Crippen LogP contribution in [-0.4, -0.2) is 20.2 Å². The first-order chi connectivity index (χ1) is 13.9. The molecule has 29 heavy (non-hydrogen) atoms. The van der Waals surface area contributed by atoms with Gasteiger partial charge in [0.15, 0.2) is 0 Å². The Balaban J connectivity index is 1.57. The number of rotatable bonds is 4. The zero-order valence-electron chi connectivity index (χ0n) is 15.3. The van der Waals surface area contributed by atoms with Gasteiger partial charge in [0.2, 0.25) is 5.91 Å². The summed E-state index contributed by atoms with van der Waals surface area (Å²) in [6.07, 6.45) is 2.06. The SMILES string of the molecule is NC(=O)c1ccc(NC2=NS(=O)(=O)NC(Cc3ccc4ccccc4c3)=C2)cc1. The highest BCUT2D eigenvalue weighted by atomic mass is 32.2. The normalized spacial score (nSPS) is 15.2. The number of benzene rings is 3. The van der Waals surface area contributed by atoms with E-state index in [1.807, 2.05) is 42.5 Å². The number of anilines is 1. The summed E-state index contributed by atoms with van der Waals surface area (Å²) in [5, 5.41) is 5.16. The molecule has 4 rings (SSSR count). The fourth-order valence-corrected chi connectivity index (χ4v) is 3.98. The van der Waals surface area contributed by atoms with Gasteiger partial charge in [0.1, 0.15) is 5.84 Å². The van der Waals surface area contributed by atoms with Crippen molar-refractivity contribution >= 4 is 38.4 Å². The van der Waals surface area contributed by atoms with Crippen LogP contribution < -0.4 is 15.8 Å². The van der Waals surface area contributed by atoms with E-state index in [0.717, 1.165) is 16.3 Å². The third-order valence-corrected chi connectivity index (χ3v) is 5.40. The van der Waals surface area contributed by atoms with Crippen molar-refractivity contribution in [2.24, 2.45) is 10.1 Å². The first-order valence-electron chi connectivity index (χ1n) is 8.86. The quantitative estimate of drug-likeness (QED) is 0.618. The second-order valence-corrected chi connectivity index (χ2v) is 7.98. The lowest BCUT2D eigenvalue weighted by Gasteiger charge is -2.17. The largest absolute Gasteiger partial charge is 0.366 e. The smallest absolute Gasteiger partial charge is 0.343 e. The molecule has 0 unspecified atom stereocenters. The fraction of sp³-hybridized carbons (Fsp3) is 0.0476. The number of amides is 1. The highest BCUT2D eigenvalue weighted by molar-refractivity contribution is 7.88. The predicted molar refractivity (Wildman–Crippen MR) is 114 cm³/mol. The van der Waals surface area contributed by atoms with Crippen LogP contribution >= 0.6 is 0 Å². The molecule has 0 bridgehead atoms. The van der Waals surface area contributed by atoms with Crippen molar-refractivity contribution in [3.63, 3.8) is 0 Å². The van der Waals surface area contributed by atoms with Crippen LogP contribution in [0.25, 0.3) is 10.8 Å². The number of nitrogens with one attached hydrogen (secondary N) is 2. The molecule has 1 amide bonds. The fourth-order valence-electron chi connectivity index (χ4n) is 3.12. The number of amidine groups is 1. The number of fused-ring (bicyclic) bond motifs is 1. The molecule has 3 aromatic carbocycles. The Morgan fingerprint density at radius 1 is 1.00 bits per heavy atom. The van der Waals surface area contributed by atoms with Gasteiger partial charge in [-0.25, -0.2) is 0 Å². The van der Waals surface area contributed by atoms with E-state index in [2.05, 4.69) is 14.4 Å². The van der Waals surface area contributed by atoms with Crippen molar-refractivity contribution in [2.75, 3.05) is 5.32 Å². The Morgan fingerprint density at radius 2 is 1.72 bits per heavy atom. The molecular formula is C21H18N4O3S. The van der Waals surface area contributed by atoms with Crippen molar-refractivity contribution in [3.05, 3.63) is 89.6 Å². The van der Waals surface area contributed by atoms with Crippen LogP contribution in [0.5, 0.6) is 0 Å². The topological polar surface area (TPSA) is 114 Å². The molecule has 4 N–H and O–H groups in total. The van der Waals surface area contributed by atoms with Crippen LogP contribution in [-0.2, 0) is 16.6 Å². The minimum Gasteiger partial charge on any atom is -0.366 e. The lowest BCUT2D eigenvalue weighted by molar-refractivity contribution is 0.100. The molecule has 0 fully saturated rings. The van der Waals surface area contributed by atoms with E-state index in [1.54, 1.807) is 30.3 Å². The summed E-state index contributed by atoms with van der Waals surface area (Å²) < 4.78 is 30.5. The summed E-state index contributed by atoms with van der Waals surface area (Å²) in [6, 6.07) is 20.4. The molecule has 0 atom stereocenters. The van der Waals surface area contributed by atoms with Crippen LogP contribution in [0.2, 0.25) is 0 Å². The molecular weight excluding hydrogens is 388 g/mol. The summed E-state index contributed by atoms with van der Waals surface area (Å²) in [5.41, 5.74) is 7.67. The molecule has 7 nitrogen and oxygen atoms in total. The molecule has 1 aliphatic rings. The molecule has 0 radical (unpaired) electrons. The third kappa shape index (κ3) is 4.44. The number of nitrogens with zero attached hydrogens (tertiary/aromatic N) is 1. The van der Waals surface area contributed by atoms with Crippen molar-refractivity contribution < 1.29 is 13.2 Å². The van der Waals surface area contributed by atoms with Crippen LogP contribution in [0.3, 0.4) is 0 Å². The van der Waals surface area contributed by atoms with Crippen molar-refractivity contribution in [2.45, 2.75) is 6.42 Å². The van der Waals surface area contributed by atoms with Crippen LogP contribution in [0.1, 0.15) is 15.9 Å². The summed E-state index contributed by atoms with van der Waals surface area (Å²) >= 11 is 0. The van der Waals surface area contributed by atoms with Gasteiger partial charge in [0.05, 0.1) is 0 Å². The Kier molecular flexibility index (Phi) is 4.77. The second kappa shape index (κ2) is 7.40. The molecule has 8 heteroatoms. The number of carbonyl (C=O) groups excluding carboxylic acids is 1. The first-order valence-corrected chi connectivity index (χ1v) is 10.3. The van der Waals surface area contributed by atoms with Crippen molar-refractivity contribution in [1.29, 1.82) is 0 Å². The van der Waals surface area contributed by atoms with Crippen LogP contribution in [0.15, 0.2) is 82.9 Å². The maximum Gasteiger partial charge on any atom is 0.343 e. The molecule has 146 valence electrons. The number of hydrogen-bond donors (Lipinski definition) is 3. The van der Waals surface area contributed by atoms with E-state index in [-0.39, 0.29) is 5.84 Å². The highest BCUT2D eigenvalue weighted by Gasteiger charge is 2.18. The predicted octanol–water partition coefficient (Wildman–Crippen LogP) is 2.72. The summed E-state index contributed by atoms with van der Waals surface area (Å²) in [7, 11) is -3.85. The molecule has 0 saturated carbocycles. The van der Waals surface area contributed by atoms with Gasteiger partial charge in [-0.15, -0.1) is 4.40 Å². The maximum atomic E-state index is 12.2. The van der Waals surface area contributed by atoms with Crippen LogP contribution in [0, 0.1) is 0 Å². The average molecular weight is 406 g/mol. The standard InChI is InChI=1S/C21H18N4O3S/c22-21(26)16-7-9-18(10-8-16)23-20-13-19(24-29(27,28)25-20)12-14-5-6-15-3-1-2-4-17(15)11-14/h1-11,13,24H,12H2,(H2,22,26)(H,23,25). The minimum atomic E-state index is -3.85. The maximum absolute atomic E-state index is 12.2. The Hall–Kier alpha value is -3.65. The van der Waals surface area contributed by atoms with E-state index >= 15 is 0 Å². The molecule has 1 aliphatic heterocycles. The zero-order valence-corrected chi connectivity index (χ0v) is 16.1. The second-order valence-electron chi connectivity index (χ2n) is 6.65.